The zero-order chi connectivity index (χ0) is 13.3. The van der Waals surface area contributed by atoms with Crippen LogP contribution in [0.4, 0.5) is 0 Å². The Morgan fingerprint density at radius 3 is 2.53 bits per heavy atom. The Morgan fingerprint density at radius 1 is 1.11 bits per heavy atom. The first-order chi connectivity index (χ1) is 9.26. The molecule has 3 heteroatoms. The van der Waals surface area contributed by atoms with Gasteiger partial charge in [0.2, 0.25) is 0 Å². The van der Waals surface area contributed by atoms with Crippen LogP contribution in [0.3, 0.4) is 0 Å². The first-order valence-corrected chi connectivity index (χ1v) is 8.41. The molecule has 2 N–H and O–H groups in total. The maximum absolute atomic E-state index is 6.31. The Kier molecular flexibility index (Phi) is 4.16. The first-order valence-electron chi connectivity index (χ1n) is 8.41. The van der Waals surface area contributed by atoms with Gasteiger partial charge in [-0.2, -0.15) is 0 Å². The summed E-state index contributed by atoms with van der Waals surface area (Å²) in [5, 5.41) is 0. The molecule has 2 bridgehead atoms. The number of likely N-dealkylation sites (N-methyl/N-ethyl adjacent to an activating group) is 1. The number of hydrogen-bond acceptors (Lipinski definition) is 3. The predicted octanol–water partition coefficient (Wildman–Crippen LogP) is 2.06. The lowest BCUT2D eigenvalue weighted by Gasteiger charge is -2.51. The molecule has 110 valence electrons. The van der Waals surface area contributed by atoms with Gasteiger partial charge < -0.3 is 10.6 Å². The minimum absolute atomic E-state index is 0.308. The Bertz CT molecular complexity index is 298. The van der Waals surface area contributed by atoms with E-state index in [4.69, 9.17) is 5.73 Å². The molecule has 19 heavy (non-hydrogen) atoms. The molecule has 2 heterocycles. The summed E-state index contributed by atoms with van der Waals surface area (Å²) in [6.07, 6.45) is 11.2. The lowest BCUT2D eigenvalue weighted by Crippen LogP contribution is -2.63. The second-order valence-corrected chi connectivity index (χ2v) is 7.10. The molecule has 3 unspecified atom stereocenters. The third-order valence-corrected chi connectivity index (χ3v) is 6.32. The van der Waals surface area contributed by atoms with E-state index in [1.54, 1.807) is 0 Å². The van der Waals surface area contributed by atoms with E-state index in [0.29, 0.717) is 5.54 Å². The maximum atomic E-state index is 6.31. The van der Waals surface area contributed by atoms with Crippen LogP contribution in [-0.2, 0) is 0 Å². The van der Waals surface area contributed by atoms with Crippen molar-refractivity contribution in [2.24, 2.45) is 11.7 Å². The van der Waals surface area contributed by atoms with Crippen LogP contribution in [0.15, 0.2) is 0 Å². The van der Waals surface area contributed by atoms with E-state index < -0.39 is 0 Å². The van der Waals surface area contributed by atoms with Crippen molar-refractivity contribution in [2.45, 2.75) is 62.9 Å². The van der Waals surface area contributed by atoms with Gasteiger partial charge in [0.15, 0.2) is 0 Å². The molecule has 0 aromatic carbocycles. The minimum Gasteiger partial charge on any atom is -0.329 e. The Labute approximate surface area is 118 Å². The Balaban J connectivity index is 1.76. The van der Waals surface area contributed by atoms with Crippen molar-refractivity contribution in [1.82, 2.24) is 9.80 Å². The van der Waals surface area contributed by atoms with Crippen molar-refractivity contribution >= 4 is 0 Å². The van der Waals surface area contributed by atoms with Crippen molar-refractivity contribution in [1.29, 1.82) is 0 Å². The van der Waals surface area contributed by atoms with Gasteiger partial charge >= 0.3 is 0 Å². The van der Waals surface area contributed by atoms with Gasteiger partial charge in [0.1, 0.15) is 0 Å². The summed E-state index contributed by atoms with van der Waals surface area (Å²) in [5.74, 6) is 0.819. The maximum Gasteiger partial charge on any atom is 0.0384 e. The SMILES string of the molecule is CN(C1CCCCCC1)C1(CN)CCN2CCC1C2. The highest BCUT2D eigenvalue weighted by Gasteiger charge is 2.49. The highest BCUT2D eigenvalue weighted by molar-refractivity contribution is 5.05. The number of hydrogen-bond donors (Lipinski definition) is 1. The number of nitrogens with zero attached hydrogens (tertiary/aromatic N) is 2. The quantitative estimate of drug-likeness (QED) is 0.793. The van der Waals surface area contributed by atoms with E-state index in [0.717, 1.165) is 18.5 Å². The lowest BCUT2D eigenvalue weighted by atomic mass is 9.76. The van der Waals surface area contributed by atoms with E-state index in [1.165, 1.54) is 71.0 Å². The Morgan fingerprint density at radius 2 is 1.84 bits per heavy atom. The summed E-state index contributed by atoms with van der Waals surface area (Å²) in [4.78, 5) is 5.38. The molecule has 1 aliphatic carbocycles. The van der Waals surface area contributed by atoms with Crippen LogP contribution in [0, 0.1) is 5.92 Å². The molecule has 3 fully saturated rings. The van der Waals surface area contributed by atoms with E-state index in [2.05, 4.69) is 16.8 Å². The largest absolute Gasteiger partial charge is 0.329 e. The number of piperidine rings is 1. The molecule has 2 saturated heterocycles. The zero-order valence-electron chi connectivity index (χ0n) is 12.6. The van der Waals surface area contributed by atoms with E-state index in [-0.39, 0.29) is 0 Å². The van der Waals surface area contributed by atoms with Crippen LogP contribution < -0.4 is 5.73 Å². The molecule has 2 aliphatic heterocycles. The molecule has 0 amide bonds. The van der Waals surface area contributed by atoms with E-state index in [9.17, 15) is 0 Å². The summed E-state index contributed by atoms with van der Waals surface area (Å²) in [5.41, 5.74) is 6.62. The molecule has 1 saturated carbocycles. The number of nitrogens with two attached hydrogens (primary N) is 1. The molecule has 3 nitrogen and oxygen atoms in total. The fraction of sp³-hybridized carbons (Fsp3) is 1.00. The van der Waals surface area contributed by atoms with Crippen molar-refractivity contribution < 1.29 is 0 Å². The van der Waals surface area contributed by atoms with Gasteiger partial charge in [0.25, 0.3) is 0 Å². The summed E-state index contributed by atoms with van der Waals surface area (Å²) >= 11 is 0. The zero-order valence-corrected chi connectivity index (χ0v) is 12.6. The predicted molar refractivity (Wildman–Crippen MR) is 80.2 cm³/mol. The molecule has 3 aliphatic rings. The third kappa shape index (κ3) is 2.45. The van der Waals surface area contributed by atoms with Gasteiger partial charge in [-0.15, -0.1) is 0 Å². The van der Waals surface area contributed by atoms with Crippen molar-refractivity contribution in [3.8, 4) is 0 Å². The molecular formula is C16H31N3. The molecule has 3 atom stereocenters. The molecule has 0 aromatic rings. The van der Waals surface area contributed by atoms with Crippen LogP contribution >= 0.6 is 0 Å². The monoisotopic (exact) mass is 265 g/mol. The number of fused-ring (bicyclic) bond motifs is 2. The van der Waals surface area contributed by atoms with Crippen molar-refractivity contribution in [3.63, 3.8) is 0 Å². The smallest absolute Gasteiger partial charge is 0.0384 e. The second kappa shape index (κ2) is 5.71. The molecule has 0 radical (unpaired) electrons. The van der Waals surface area contributed by atoms with Crippen LogP contribution in [0.25, 0.3) is 0 Å². The topological polar surface area (TPSA) is 32.5 Å². The fourth-order valence-electron chi connectivity index (χ4n) is 4.92. The second-order valence-electron chi connectivity index (χ2n) is 7.10. The average molecular weight is 265 g/mol. The molecule has 3 rings (SSSR count). The lowest BCUT2D eigenvalue weighted by molar-refractivity contribution is -0.00658. The number of rotatable bonds is 3. The van der Waals surface area contributed by atoms with Gasteiger partial charge in [-0.25, -0.2) is 0 Å². The fourth-order valence-corrected chi connectivity index (χ4v) is 4.92. The van der Waals surface area contributed by atoms with Crippen LogP contribution in [0.1, 0.15) is 51.4 Å². The van der Waals surface area contributed by atoms with Gasteiger partial charge in [-0.05, 0) is 51.7 Å². The van der Waals surface area contributed by atoms with Crippen LogP contribution in [0.5, 0.6) is 0 Å². The van der Waals surface area contributed by atoms with Gasteiger partial charge in [0, 0.05) is 24.7 Å². The highest BCUT2D eigenvalue weighted by atomic mass is 15.3. The van der Waals surface area contributed by atoms with Gasteiger partial charge in [-0.1, -0.05) is 25.7 Å². The van der Waals surface area contributed by atoms with Crippen molar-refractivity contribution in [2.75, 3.05) is 33.2 Å². The van der Waals surface area contributed by atoms with Crippen molar-refractivity contribution in [3.05, 3.63) is 0 Å². The summed E-state index contributed by atoms with van der Waals surface area (Å²) in [6.45, 7) is 4.74. The van der Waals surface area contributed by atoms with E-state index >= 15 is 0 Å². The van der Waals surface area contributed by atoms with Crippen LogP contribution in [-0.4, -0.2) is 54.6 Å². The normalized spacial score (nSPS) is 40.6. The van der Waals surface area contributed by atoms with E-state index in [1.807, 2.05) is 0 Å². The Hall–Kier alpha value is -0.120. The molecule has 0 spiro atoms. The molecule has 0 aromatic heterocycles. The van der Waals surface area contributed by atoms with Crippen LogP contribution in [0.2, 0.25) is 0 Å². The standard InChI is InChI=1S/C16H31N3/c1-18(15-6-4-2-3-5-7-15)16(13-17)9-11-19-10-8-14(16)12-19/h14-15H,2-13,17H2,1H3. The first kappa shape index (κ1) is 13.8. The molecular weight excluding hydrogens is 234 g/mol. The minimum atomic E-state index is 0.308. The highest BCUT2D eigenvalue weighted by Crippen LogP contribution is 2.41. The van der Waals surface area contributed by atoms with Gasteiger partial charge in [0.05, 0.1) is 0 Å². The van der Waals surface area contributed by atoms with Gasteiger partial charge in [-0.3, -0.25) is 4.90 Å². The summed E-state index contributed by atoms with van der Waals surface area (Å²) in [7, 11) is 2.39. The summed E-state index contributed by atoms with van der Waals surface area (Å²) < 4.78 is 0. The third-order valence-electron chi connectivity index (χ3n) is 6.32. The average Bonchev–Trinajstić information content (AvgIpc) is 2.67. The summed E-state index contributed by atoms with van der Waals surface area (Å²) in [6, 6.07) is 0.790.